The molecule has 0 aromatic rings. The molecule has 4 heteroatoms. The van der Waals surface area contributed by atoms with Gasteiger partial charge in [0.05, 0.1) is 23.0 Å². The van der Waals surface area contributed by atoms with Crippen molar-refractivity contribution in [2.24, 2.45) is 5.41 Å². The van der Waals surface area contributed by atoms with E-state index in [-0.39, 0.29) is 11.5 Å². The molecule has 0 aliphatic carbocycles. The van der Waals surface area contributed by atoms with Crippen LogP contribution in [0.5, 0.6) is 0 Å². The van der Waals surface area contributed by atoms with Gasteiger partial charge < -0.3 is 0 Å². The Balaban J connectivity index is 2.58. The Morgan fingerprint density at radius 3 is 2.57 bits per heavy atom. The predicted molar refractivity (Wildman–Crippen MR) is 55.5 cm³/mol. The van der Waals surface area contributed by atoms with Gasteiger partial charge in [0, 0.05) is 0 Å². The molecule has 1 unspecified atom stereocenters. The van der Waals surface area contributed by atoms with Gasteiger partial charge in [0.1, 0.15) is 0 Å². The second-order valence-electron chi connectivity index (χ2n) is 4.19. The topological polar surface area (TPSA) is 57.9 Å². The molecule has 0 spiro atoms. The Hall–Kier alpha value is -0.560. The van der Waals surface area contributed by atoms with Gasteiger partial charge in [-0.1, -0.05) is 26.2 Å². The van der Waals surface area contributed by atoms with E-state index in [2.05, 4.69) is 13.0 Å². The van der Waals surface area contributed by atoms with E-state index in [1.807, 2.05) is 0 Å². The number of unbranched alkanes of at least 4 members (excludes halogenated alkanes) is 2. The third kappa shape index (κ3) is 2.71. The van der Waals surface area contributed by atoms with Crippen LogP contribution in [0.4, 0.5) is 0 Å². The van der Waals surface area contributed by atoms with Crippen molar-refractivity contribution in [2.75, 3.05) is 11.5 Å². The molecule has 1 fully saturated rings. The highest BCUT2D eigenvalue weighted by Crippen LogP contribution is 2.36. The molecule has 14 heavy (non-hydrogen) atoms. The molecule has 0 radical (unpaired) electrons. The highest BCUT2D eigenvalue weighted by molar-refractivity contribution is 7.91. The lowest BCUT2D eigenvalue weighted by Crippen LogP contribution is -2.20. The number of rotatable bonds is 4. The van der Waals surface area contributed by atoms with Gasteiger partial charge in [0.15, 0.2) is 9.84 Å². The fourth-order valence-corrected chi connectivity index (χ4v) is 4.01. The van der Waals surface area contributed by atoms with Crippen molar-refractivity contribution < 1.29 is 8.42 Å². The smallest absolute Gasteiger partial charge is 0.151 e. The monoisotopic (exact) mass is 215 g/mol. The maximum absolute atomic E-state index is 11.3. The number of sulfone groups is 1. The summed E-state index contributed by atoms with van der Waals surface area (Å²) < 4.78 is 22.6. The first-order valence-corrected chi connectivity index (χ1v) is 6.97. The third-order valence-corrected chi connectivity index (χ3v) is 4.70. The molecular weight excluding hydrogens is 198 g/mol. The zero-order valence-electron chi connectivity index (χ0n) is 8.62. The summed E-state index contributed by atoms with van der Waals surface area (Å²) in [6.07, 6.45) is 4.45. The first kappa shape index (κ1) is 11.5. The van der Waals surface area contributed by atoms with Crippen molar-refractivity contribution in [1.82, 2.24) is 0 Å². The Bertz CT molecular complexity index is 329. The zero-order chi connectivity index (χ0) is 10.7. The van der Waals surface area contributed by atoms with Crippen molar-refractivity contribution in [2.45, 2.75) is 39.0 Å². The van der Waals surface area contributed by atoms with Crippen molar-refractivity contribution in [3.05, 3.63) is 0 Å². The average Bonchev–Trinajstić information content (AvgIpc) is 2.44. The van der Waals surface area contributed by atoms with E-state index in [1.165, 1.54) is 0 Å². The first-order chi connectivity index (χ1) is 6.54. The predicted octanol–water partition coefficient (Wildman–Crippen LogP) is 1.90. The fraction of sp³-hybridized carbons (Fsp3) is 0.900. The highest BCUT2D eigenvalue weighted by Gasteiger charge is 2.41. The van der Waals surface area contributed by atoms with Gasteiger partial charge in [0.2, 0.25) is 0 Å². The lowest BCUT2D eigenvalue weighted by atomic mass is 9.84. The van der Waals surface area contributed by atoms with Crippen LogP contribution >= 0.6 is 0 Å². The van der Waals surface area contributed by atoms with Crippen LogP contribution in [0, 0.1) is 16.7 Å². The Labute approximate surface area is 86.0 Å². The molecule has 0 aromatic carbocycles. The maximum atomic E-state index is 11.3. The van der Waals surface area contributed by atoms with E-state index in [0.29, 0.717) is 6.42 Å². The van der Waals surface area contributed by atoms with E-state index in [0.717, 1.165) is 25.7 Å². The molecule has 0 bridgehead atoms. The van der Waals surface area contributed by atoms with Gasteiger partial charge in [-0.3, -0.25) is 0 Å². The van der Waals surface area contributed by atoms with Crippen LogP contribution in [0.2, 0.25) is 0 Å². The van der Waals surface area contributed by atoms with Crippen molar-refractivity contribution in [3.63, 3.8) is 0 Å². The number of nitrogens with zero attached hydrogens (tertiary/aromatic N) is 1. The second kappa shape index (κ2) is 4.31. The van der Waals surface area contributed by atoms with Crippen molar-refractivity contribution in [1.29, 1.82) is 5.26 Å². The van der Waals surface area contributed by atoms with Crippen LogP contribution in [-0.2, 0) is 9.84 Å². The summed E-state index contributed by atoms with van der Waals surface area (Å²) in [4.78, 5) is 0. The minimum atomic E-state index is -2.93. The Morgan fingerprint density at radius 2 is 2.14 bits per heavy atom. The maximum Gasteiger partial charge on any atom is 0.151 e. The number of nitriles is 1. The molecule has 0 aromatic heterocycles. The molecule has 0 saturated carbocycles. The quantitative estimate of drug-likeness (QED) is 0.673. The average molecular weight is 215 g/mol. The third-order valence-electron chi connectivity index (χ3n) is 2.88. The van der Waals surface area contributed by atoms with E-state index < -0.39 is 15.3 Å². The molecule has 1 atom stereocenters. The van der Waals surface area contributed by atoms with Crippen LogP contribution in [-0.4, -0.2) is 19.9 Å². The summed E-state index contributed by atoms with van der Waals surface area (Å²) in [5, 5.41) is 9.03. The minimum Gasteiger partial charge on any atom is -0.229 e. The molecule has 3 nitrogen and oxygen atoms in total. The van der Waals surface area contributed by atoms with Gasteiger partial charge in [-0.25, -0.2) is 8.42 Å². The van der Waals surface area contributed by atoms with Crippen LogP contribution in [0.25, 0.3) is 0 Å². The lowest BCUT2D eigenvalue weighted by Gasteiger charge is -2.17. The Morgan fingerprint density at radius 1 is 1.43 bits per heavy atom. The second-order valence-corrected chi connectivity index (χ2v) is 6.38. The van der Waals surface area contributed by atoms with Crippen LogP contribution in [0.15, 0.2) is 0 Å². The molecular formula is C10H17NO2S. The first-order valence-electron chi connectivity index (χ1n) is 5.15. The number of hydrogen-bond donors (Lipinski definition) is 0. The molecule has 80 valence electrons. The van der Waals surface area contributed by atoms with Crippen LogP contribution in [0.1, 0.15) is 39.0 Å². The largest absolute Gasteiger partial charge is 0.229 e. The highest BCUT2D eigenvalue weighted by atomic mass is 32.2. The lowest BCUT2D eigenvalue weighted by molar-refractivity contribution is 0.394. The fourth-order valence-electron chi connectivity index (χ4n) is 1.97. The van der Waals surface area contributed by atoms with E-state index in [9.17, 15) is 8.42 Å². The zero-order valence-corrected chi connectivity index (χ0v) is 9.44. The molecule has 1 heterocycles. The summed E-state index contributed by atoms with van der Waals surface area (Å²) in [6.45, 7) is 2.10. The Kier molecular flexibility index (Phi) is 3.54. The normalized spacial score (nSPS) is 30.0. The SMILES string of the molecule is CCCCCC1(C#N)CCS(=O)(=O)C1. The number of hydrogen-bond acceptors (Lipinski definition) is 3. The summed E-state index contributed by atoms with van der Waals surface area (Å²) in [5.41, 5.74) is -0.562. The molecule has 1 rings (SSSR count). The van der Waals surface area contributed by atoms with Gasteiger partial charge >= 0.3 is 0 Å². The molecule has 1 aliphatic rings. The summed E-state index contributed by atoms with van der Waals surface area (Å²) in [6, 6.07) is 2.21. The van der Waals surface area contributed by atoms with Gasteiger partial charge in [-0.05, 0) is 12.8 Å². The van der Waals surface area contributed by atoms with Gasteiger partial charge in [-0.15, -0.1) is 0 Å². The molecule has 1 aliphatic heterocycles. The molecule has 0 amide bonds. The summed E-state index contributed by atoms with van der Waals surface area (Å²) in [7, 11) is -2.93. The summed E-state index contributed by atoms with van der Waals surface area (Å²) >= 11 is 0. The van der Waals surface area contributed by atoms with Gasteiger partial charge in [0.25, 0.3) is 0 Å². The van der Waals surface area contributed by atoms with Crippen LogP contribution in [0.3, 0.4) is 0 Å². The molecule has 1 saturated heterocycles. The van der Waals surface area contributed by atoms with Gasteiger partial charge in [-0.2, -0.15) is 5.26 Å². The van der Waals surface area contributed by atoms with Crippen LogP contribution < -0.4 is 0 Å². The minimum absolute atomic E-state index is 0.0835. The van der Waals surface area contributed by atoms with E-state index in [1.54, 1.807) is 0 Å². The van der Waals surface area contributed by atoms with E-state index in [4.69, 9.17) is 5.26 Å². The standard InChI is InChI=1S/C10H17NO2S/c1-2-3-4-5-10(8-11)6-7-14(12,13)9-10/h2-7,9H2,1H3. The van der Waals surface area contributed by atoms with Crippen molar-refractivity contribution in [3.8, 4) is 6.07 Å². The van der Waals surface area contributed by atoms with E-state index >= 15 is 0 Å². The van der Waals surface area contributed by atoms with Crippen molar-refractivity contribution >= 4 is 9.84 Å². The summed E-state index contributed by atoms with van der Waals surface area (Å²) in [5.74, 6) is 0.285. The molecule has 0 N–H and O–H groups in total.